The Kier molecular flexibility index (Phi) is 5.06. The molecule has 0 radical (unpaired) electrons. The molecular formula is C19H23N5OS. The normalized spacial score (nSPS) is 15.1. The highest BCUT2D eigenvalue weighted by atomic mass is 32.2. The van der Waals surface area contributed by atoms with Crippen molar-refractivity contribution in [2.75, 3.05) is 0 Å². The number of H-pyrrole nitrogens is 1. The molecule has 1 aliphatic rings. The van der Waals surface area contributed by atoms with Crippen LogP contribution in [0.3, 0.4) is 0 Å². The van der Waals surface area contributed by atoms with Crippen LogP contribution in [0.2, 0.25) is 0 Å². The van der Waals surface area contributed by atoms with Crippen LogP contribution in [-0.4, -0.2) is 24.6 Å². The smallest absolute Gasteiger partial charge is 0.258 e. The van der Waals surface area contributed by atoms with Crippen LogP contribution in [0.1, 0.15) is 49.2 Å². The molecule has 0 atom stereocenters. The summed E-state index contributed by atoms with van der Waals surface area (Å²) in [5.74, 6) is 2.40. The zero-order valence-corrected chi connectivity index (χ0v) is 15.8. The standard InChI is InChI=1S/C19H23N5OS/c1-13-8-9-24-17(10-13)20-15(11-18(24)25)12-26-19-21-16(22-23-19)7-6-14-4-2-3-5-14/h8-11,14H,2-7,12H2,1H3,(H,21,22,23). The van der Waals surface area contributed by atoms with Crippen molar-refractivity contribution < 1.29 is 0 Å². The number of nitrogens with zero attached hydrogens (tertiary/aromatic N) is 4. The lowest BCUT2D eigenvalue weighted by atomic mass is 10.0. The van der Waals surface area contributed by atoms with Crippen molar-refractivity contribution in [1.82, 2.24) is 24.6 Å². The quantitative estimate of drug-likeness (QED) is 0.673. The Morgan fingerprint density at radius 1 is 1.27 bits per heavy atom. The Balaban J connectivity index is 1.39. The van der Waals surface area contributed by atoms with E-state index in [9.17, 15) is 4.79 Å². The summed E-state index contributed by atoms with van der Waals surface area (Å²) in [6.45, 7) is 1.99. The average Bonchev–Trinajstić information content (AvgIpc) is 3.29. The molecule has 1 N–H and O–H groups in total. The Labute approximate surface area is 156 Å². The Morgan fingerprint density at radius 2 is 2.12 bits per heavy atom. The lowest BCUT2D eigenvalue weighted by Crippen LogP contribution is -2.15. The molecule has 0 aromatic carbocycles. The first-order chi connectivity index (χ1) is 12.7. The van der Waals surface area contributed by atoms with Crippen LogP contribution in [-0.2, 0) is 12.2 Å². The van der Waals surface area contributed by atoms with Gasteiger partial charge in [0, 0.05) is 24.4 Å². The second kappa shape index (κ2) is 7.61. The molecular weight excluding hydrogens is 346 g/mol. The predicted octanol–water partition coefficient (Wildman–Crippen LogP) is 3.54. The van der Waals surface area contributed by atoms with Crippen molar-refractivity contribution in [3.63, 3.8) is 0 Å². The van der Waals surface area contributed by atoms with Gasteiger partial charge in [-0.05, 0) is 37.0 Å². The molecule has 3 aromatic rings. The number of thioether (sulfide) groups is 1. The van der Waals surface area contributed by atoms with Gasteiger partial charge in [0.15, 0.2) is 0 Å². The molecule has 136 valence electrons. The Morgan fingerprint density at radius 3 is 2.96 bits per heavy atom. The third-order valence-electron chi connectivity index (χ3n) is 5.00. The molecule has 6 nitrogen and oxygen atoms in total. The summed E-state index contributed by atoms with van der Waals surface area (Å²) in [4.78, 5) is 21.4. The molecule has 0 unspecified atom stereocenters. The molecule has 4 rings (SSSR count). The van der Waals surface area contributed by atoms with E-state index in [1.807, 2.05) is 19.1 Å². The van der Waals surface area contributed by atoms with Gasteiger partial charge < -0.3 is 0 Å². The first-order valence-electron chi connectivity index (χ1n) is 9.20. The van der Waals surface area contributed by atoms with E-state index in [0.29, 0.717) is 11.4 Å². The predicted molar refractivity (Wildman–Crippen MR) is 102 cm³/mol. The van der Waals surface area contributed by atoms with Crippen LogP contribution < -0.4 is 5.56 Å². The summed E-state index contributed by atoms with van der Waals surface area (Å²) in [6.07, 6.45) is 9.40. The summed E-state index contributed by atoms with van der Waals surface area (Å²) in [5, 5.41) is 8.06. The molecule has 7 heteroatoms. The molecule has 0 amide bonds. The number of fused-ring (bicyclic) bond motifs is 1. The van der Waals surface area contributed by atoms with Gasteiger partial charge in [0.1, 0.15) is 11.5 Å². The summed E-state index contributed by atoms with van der Waals surface area (Å²) in [6, 6.07) is 5.41. The summed E-state index contributed by atoms with van der Waals surface area (Å²) in [5.41, 5.74) is 2.46. The third kappa shape index (κ3) is 3.98. The number of hydrogen-bond donors (Lipinski definition) is 1. The van der Waals surface area contributed by atoms with Crippen LogP contribution >= 0.6 is 11.8 Å². The van der Waals surface area contributed by atoms with E-state index in [-0.39, 0.29) is 5.56 Å². The van der Waals surface area contributed by atoms with Gasteiger partial charge in [-0.25, -0.2) is 9.97 Å². The maximum atomic E-state index is 12.2. The van der Waals surface area contributed by atoms with Crippen LogP contribution in [0.5, 0.6) is 0 Å². The zero-order valence-electron chi connectivity index (χ0n) is 14.9. The number of nitrogens with one attached hydrogen (secondary N) is 1. The average molecular weight is 369 g/mol. The molecule has 1 aliphatic carbocycles. The lowest BCUT2D eigenvalue weighted by molar-refractivity contribution is 0.497. The number of hydrogen-bond acceptors (Lipinski definition) is 5. The van der Waals surface area contributed by atoms with Crippen molar-refractivity contribution in [1.29, 1.82) is 0 Å². The monoisotopic (exact) mass is 369 g/mol. The molecule has 0 bridgehead atoms. The molecule has 3 heterocycles. The van der Waals surface area contributed by atoms with Crippen molar-refractivity contribution >= 4 is 17.4 Å². The van der Waals surface area contributed by atoms with Crippen molar-refractivity contribution in [2.45, 2.75) is 56.4 Å². The minimum atomic E-state index is -0.0576. The van der Waals surface area contributed by atoms with E-state index in [1.165, 1.54) is 43.9 Å². The molecule has 0 aliphatic heterocycles. The van der Waals surface area contributed by atoms with Crippen LogP contribution in [0.4, 0.5) is 0 Å². The highest BCUT2D eigenvalue weighted by Gasteiger charge is 2.15. The number of aryl methyl sites for hydroxylation is 2. The lowest BCUT2D eigenvalue weighted by Gasteiger charge is -2.05. The van der Waals surface area contributed by atoms with Gasteiger partial charge in [-0.3, -0.25) is 14.3 Å². The highest BCUT2D eigenvalue weighted by molar-refractivity contribution is 7.98. The fourth-order valence-corrected chi connectivity index (χ4v) is 4.27. The second-order valence-electron chi connectivity index (χ2n) is 7.06. The number of aromatic nitrogens is 5. The molecule has 3 aromatic heterocycles. The van der Waals surface area contributed by atoms with E-state index in [0.717, 1.165) is 34.6 Å². The second-order valence-corrected chi connectivity index (χ2v) is 8.00. The van der Waals surface area contributed by atoms with Gasteiger partial charge in [-0.1, -0.05) is 37.4 Å². The van der Waals surface area contributed by atoms with Gasteiger partial charge in [-0.15, -0.1) is 5.10 Å². The van der Waals surface area contributed by atoms with Crippen molar-refractivity contribution in [3.05, 3.63) is 51.8 Å². The van der Waals surface area contributed by atoms with E-state index < -0.39 is 0 Å². The summed E-state index contributed by atoms with van der Waals surface area (Å²) in [7, 11) is 0. The molecule has 0 spiro atoms. The van der Waals surface area contributed by atoms with E-state index in [2.05, 4.69) is 20.2 Å². The number of rotatable bonds is 6. The summed E-state index contributed by atoms with van der Waals surface area (Å²) < 4.78 is 1.56. The van der Waals surface area contributed by atoms with E-state index in [4.69, 9.17) is 0 Å². The van der Waals surface area contributed by atoms with Crippen LogP contribution in [0, 0.1) is 12.8 Å². The van der Waals surface area contributed by atoms with Gasteiger partial charge in [-0.2, -0.15) is 0 Å². The van der Waals surface area contributed by atoms with Crippen LogP contribution in [0.15, 0.2) is 34.3 Å². The van der Waals surface area contributed by atoms with Gasteiger partial charge in [0.2, 0.25) is 5.16 Å². The van der Waals surface area contributed by atoms with E-state index in [1.54, 1.807) is 16.7 Å². The molecule has 1 saturated carbocycles. The van der Waals surface area contributed by atoms with E-state index >= 15 is 0 Å². The maximum absolute atomic E-state index is 12.2. The molecule has 26 heavy (non-hydrogen) atoms. The SMILES string of the molecule is Cc1ccn2c(=O)cc(CSc3n[nH]c(CCC4CCCC4)n3)nc2c1. The first-order valence-corrected chi connectivity index (χ1v) is 10.2. The van der Waals surface area contributed by atoms with Crippen LogP contribution in [0.25, 0.3) is 5.65 Å². The Hall–Kier alpha value is -2.15. The third-order valence-corrected chi connectivity index (χ3v) is 5.88. The number of pyridine rings is 1. The first kappa shape index (κ1) is 17.3. The topological polar surface area (TPSA) is 75.9 Å². The van der Waals surface area contributed by atoms with Crippen molar-refractivity contribution in [3.8, 4) is 0 Å². The maximum Gasteiger partial charge on any atom is 0.258 e. The fraction of sp³-hybridized carbons (Fsp3) is 0.474. The van der Waals surface area contributed by atoms with Gasteiger partial charge in [0.05, 0.1) is 5.69 Å². The van der Waals surface area contributed by atoms with Gasteiger partial charge in [0.25, 0.3) is 5.56 Å². The minimum Gasteiger partial charge on any atom is -0.269 e. The zero-order chi connectivity index (χ0) is 17.9. The van der Waals surface area contributed by atoms with Gasteiger partial charge >= 0.3 is 0 Å². The Bertz CT molecular complexity index is 958. The number of aromatic amines is 1. The van der Waals surface area contributed by atoms with Crippen molar-refractivity contribution in [2.24, 2.45) is 5.92 Å². The fourth-order valence-electron chi connectivity index (χ4n) is 3.56. The summed E-state index contributed by atoms with van der Waals surface area (Å²) >= 11 is 1.51. The largest absolute Gasteiger partial charge is 0.269 e. The highest BCUT2D eigenvalue weighted by Crippen LogP contribution is 2.28. The minimum absolute atomic E-state index is 0.0576. The molecule has 0 saturated heterocycles. The molecule has 1 fully saturated rings.